The molecule has 3 aromatic heterocycles. The van der Waals surface area contributed by atoms with Gasteiger partial charge >= 0.3 is 6.09 Å². The zero-order valence-corrected chi connectivity index (χ0v) is 18.0. The van der Waals surface area contributed by atoms with E-state index in [1.807, 2.05) is 36.8 Å². The monoisotopic (exact) mass is 408 g/mol. The summed E-state index contributed by atoms with van der Waals surface area (Å²) >= 11 is 0. The van der Waals surface area contributed by atoms with E-state index in [1.165, 1.54) is 0 Å². The van der Waals surface area contributed by atoms with Gasteiger partial charge in [-0.3, -0.25) is 0 Å². The molecule has 4 rings (SSSR count). The number of carbonyl (C=O) groups is 1. The van der Waals surface area contributed by atoms with Gasteiger partial charge < -0.3 is 14.9 Å². The van der Waals surface area contributed by atoms with Crippen molar-refractivity contribution >= 4 is 17.6 Å². The van der Waals surface area contributed by atoms with Gasteiger partial charge in [0.15, 0.2) is 5.65 Å². The summed E-state index contributed by atoms with van der Waals surface area (Å²) in [4.78, 5) is 24.9. The molecule has 3 atom stereocenters. The van der Waals surface area contributed by atoms with Crippen LogP contribution in [0.5, 0.6) is 0 Å². The van der Waals surface area contributed by atoms with Crippen molar-refractivity contribution in [3.8, 4) is 11.1 Å². The lowest BCUT2D eigenvalue weighted by molar-refractivity contribution is 0.0457. The second-order valence-electron chi connectivity index (χ2n) is 9.12. The van der Waals surface area contributed by atoms with Crippen LogP contribution < -0.4 is 4.90 Å². The molecule has 1 N–H and O–H groups in total. The molecule has 8 nitrogen and oxygen atoms in total. The Morgan fingerprint density at radius 2 is 1.83 bits per heavy atom. The van der Waals surface area contributed by atoms with E-state index in [-0.39, 0.29) is 23.5 Å². The Bertz CT molecular complexity index is 1060. The predicted octanol–water partition coefficient (Wildman–Crippen LogP) is 3.78. The molecule has 1 aliphatic heterocycles. The maximum absolute atomic E-state index is 11.9. The second-order valence-corrected chi connectivity index (χ2v) is 9.12. The SMILES string of the molecule is C[C@@H]1C(C(C)(C)C)N(C(=O)O)C[C@H](C)N1c1ccc(-c2cnc3ccnn3c2)cn1. The highest BCUT2D eigenvalue weighted by atomic mass is 16.4. The minimum Gasteiger partial charge on any atom is -0.465 e. The largest absolute Gasteiger partial charge is 0.465 e. The van der Waals surface area contributed by atoms with Crippen molar-refractivity contribution in [3.63, 3.8) is 0 Å². The van der Waals surface area contributed by atoms with Crippen molar-refractivity contribution < 1.29 is 9.90 Å². The molecule has 1 fully saturated rings. The molecular weight excluding hydrogens is 380 g/mol. The smallest absolute Gasteiger partial charge is 0.407 e. The number of nitrogens with zero attached hydrogens (tertiary/aromatic N) is 6. The van der Waals surface area contributed by atoms with Crippen LogP contribution in [0.15, 0.2) is 43.0 Å². The quantitative estimate of drug-likeness (QED) is 0.694. The molecule has 3 aromatic rings. The summed E-state index contributed by atoms with van der Waals surface area (Å²) in [5.41, 5.74) is 2.51. The number of hydrogen-bond donors (Lipinski definition) is 1. The maximum atomic E-state index is 11.9. The van der Waals surface area contributed by atoms with E-state index in [2.05, 4.69) is 49.6 Å². The van der Waals surface area contributed by atoms with Crippen LogP contribution in [0, 0.1) is 5.41 Å². The van der Waals surface area contributed by atoms with Crippen LogP contribution in [0.3, 0.4) is 0 Å². The van der Waals surface area contributed by atoms with E-state index in [1.54, 1.807) is 15.6 Å². The van der Waals surface area contributed by atoms with E-state index in [4.69, 9.17) is 4.98 Å². The third-order valence-corrected chi connectivity index (χ3v) is 5.89. The maximum Gasteiger partial charge on any atom is 0.407 e. The number of rotatable bonds is 2. The van der Waals surface area contributed by atoms with Crippen LogP contribution >= 0.6 is 0 Å². The fourth-order valence-corrected chi connectivity index (χ4v) is 4.79. The standard InChI is InChI=1S/C22H28N6O2/c1-14-12-26(21(29)30)20(22(3,4)5)15(2)28(14)19-7-6-16(10-24-19)17-11-23-18-8-9-25-27(18)13-17/h6-11,13-15,20H,12H2,1-5H3,(H,29,30)/t14-,15+,20?/m0/s1. The summed E-state index contributed by atoms with van der Waals surface area (Å²) in [6.45, 7) is 10.9. The van der Waals surface area contributed by atoms with Crippen LogP contribution in [-0.4, -0.2) is 60.4 Å². The lowest BCUT2D eigenvalue weighted by Crippen LogP contribution is -2.67. The zero-order valence-electron chi connectivity index (χ0n) is 18.0. The molecule has 0 aromatic carbocycles. The van der Waals surface area contributed by atoms with Crippen LogP contribution in [0.25, 0.3) is 16.8 Å². The number of hydrogen-bond acceptors (Lipinski definition) is 5. The summed E-state index contributed by atoms with van der Waals surface area (Å²) < 4.78 is 1.74. The lowest BCUT2D eigenvalue weighted by atomic mass is 9.79. The van der Waals surface area contributed by atoms with Gasteiger partial charge in [-0.05, 0) is 31.4 Å². The molecule has 4 heterocycles. The van der Waals surface area contributed by atoms with E-state index < -0.39 is 6.09 Å². The van der Waals surface area contributed by atoms with Gasteiger partial charge in [0.1, 0.15) is 5.82 Å². The van der Waals surface area contributed by atoms with Crippen LogP contribution in [-0.2, 0) is 0 Å². The van der Waals surface area contributed by atoms with E-state index >= 15 is 0 Å². The number of anilines is 1. The Balaban J connectivity index is 1.64. The minimum atomic E-state index is -0.863. The Morgan fingerprint density at radius 3 is 2.47 bits per heavy atom. The van der Waals surface area contributed by atoms with Gasteiger partial charge in [0.05, 0.1) is 12.2 Å². The third kappa shape index (κ3) is 3.46. The molecule has 0 aliphatic carbocycles. The van der Waals surface area contributed by atoms with Gasteiger partial charge in [0.25, 0.3) is 0 Å². The molecule has 30 heavy (non-hydrogen) atoms. The first-order valence-electron chi connectivity index (χ1n) is 10.2. The zero-order chi connectivity index (χ0) is 21.6. The molecule has 8 heteroatoms. The van der Waals surface area contributed by atoms with E-state index in [0.29, 0.717) is 6.54 Å². The summed E-state index contributed by atoms with van der Waals surface area (Å²) in [6.07, 6.45) is 6.46. The van der Waals surface area contributed by atoms with Crippen LogP contribution in [0.1, 0.15) is 34.6 Å². The average Bonchev–Trinajstić information content (AvgIpc) is 3.14. The summed E-state index contributed by atoms with van der Waals surface area (Å²) in [5.74, 6) is 0.853. The van der Waals surface area contributed by atoms with E-state index in [9.17, 15) is 9.90 Å². The Labute approximate surface area is 176 Å². The van der Waals surface area contributed by atoms with Crippen molar-refractivity contribution in [2.45, 2.75) is 52.7 Å². The number of carboxylic acid groups (broad SMARTS) is 1. The first-order valence-corrected chi connectivity index (χ1v) is 10.2. The first-order chi connectivity index (χ1) is 14.2. The lowest BCUT2D eigenvalue weighted by Gasteiger charge is -2.53. The molecular formula is C22H28N6O2. The average molecular weight is 409 g/mol. The van der Waals surface area contributed by atoms with Crippen LogP contribution in [0.4, 0.5) is 10.6 Å². The summed E-state index contributed by atoms with van der Waals surface area (Å²) in [7, 11) is 0. The Morgan fingerprint density at radius 1 is 1.10 bits per heavy atom. The van der Waals surface area contributed by atoms with E-state index in [0.717, 1.165) is 22.6 Å². The van der Waals surface area contributed by atoms with Gasteiger partial charge in [-0.2, -0.15) is 5.10 Å². The van der Waals surface area contributed by atoms with Gasteiger partial charge in [-0.25, -0.2) is 19.3 Å². The number of amides is 1. The molecule has 1 amide bonds. The summed E-state index contributed by atoms with van der Waals surface area (Å²) in [5, 5.41) is 14.0. The molecule has 0 saturated carbocycles. The van der Waals surface area contributed by atoms with Crippen molar-refractivity contribution in [2.24, 2.45) is 5.41 Å². The van der Waals surface area contributed by atoms with Crippen molar-refractivity contribution in [1.82, 2.24) is 24.5 Å². The van der Waals surface area contributed by atoms with Crippen LogP contribution in [0.2, 0.25) is 0 Å². The van der Waals surface area contributed by atoms with Crippen molar-refractivity contribution in [1.29, 1.82) is 0 Å². The number of aromatic nitrogens is 4. The highest BCUT2D eigenvalue weighted by molar-refractivity contribution is 5.67. The highest BCUT2D eigenvalue weighted by Gasteiger charge is 2.45. The normalized spacial score (nSPS) is 22.5. The van der Waals surface area contributed by atoms with Gasteiger partial charge in [0.2, 0.25) is 0 Å². The molecule has 1 unspecified atom stereocenters. The topological polar surface area (TPSA) is 86.9 Å². The highest BCUT2D eigenvalue weighted by Crippen LogP contribution is 2.36. The minimum absolute atomic E-state index is 0.00899. The molecule has 1 aliphatic rings. The number of pyridine rings is 1. The van der Waals surface area contributed by atoms with Crippen molar-refractivity contribution in [3.05, 3.63) is 43.0 Å². The fraction of sp³-hybridized carbons (Fsp3) is 0.455. The fourth-order valence-electron chi connectivity index (χ4n) is 4.79. The second kappa shape index (κ2) is 7.27. The van der Waals surface area contributed by atoms with Crippen molar-refractivity contribution in [2.75, 3.05) is 11.4 Å². The molecule has 0 bridgehead atoms. The molecule has 0 spiro atoms. The molecule has 1 saturated heterocycles. The molecule has 158 valence electrons. The molecule has 0 radical (unpaired) electrons. The first kappa shape index (κ1) is 20.1. The van der Waals surface area contributed by atoms with Gasteiger partial charge in [-0.15, -0.1) is 0 Å². The number of fused-ring (bicyclic) bond motifs is 1. The Hall–Kier alpha value is -3.16. The Kier molecular flexibility index (Phi) is 4.88. The third-order valence-electron chi connectivity index (χ3n) is 5.89. The number of piperazine rings is 1. The van der Waals surface area contributed by atoms with Gasteiger partial charge in [0, 0.05) is 54.4 Å². The summed E-state index contributed by atoms with van der Waals surface area (Å²) in [6, 6.07) is 5.77. The van der Waals surface area contributed by atoms with Gasteiger partial charge in [-0.1, -0.05) is 20.8 Å². The predicted molar refractivity (Wildman–Crippen MR) is 116 cm³/mol.